The van der Waals surface area contributed by atoms with E-state index in [0.717, 1.165) is 13.1 Å². The zero-order chi connectivity index (χ0) is 14.3. The van der Waals surface area contributed by atoms with Crippen LogP contribution in [0.15, 0.2) is 22.7 Å². The van der Waals surface area contributed by atoms with Gasteiger partial charge in [0.2, 0.25) is 0 Å². The standard InChI is InChI=1S/C15H25BrN2S/c1-5-17-11-13-6-7-15(14(16)10-13)18(3)12(2)8-9-19-4/h6-7,10,12,17H,5,8-9,11H2,1-4H3. The number of thioether (sulfide) groups is 1. The molecule has 0 saturated heterocycles. The minimum atomic E-state index is 0.559. The molecule has 0 saturated carbocycles. The van der Waals surface area contributed by atoms with E-state index in [1.807, 2.05) is 11.8 Å². The smallest absolute Gasteiger partial charge is 0.0510 e. The number of benzene rings is 1. The molecule has 1 rings (SSSR count). The summed E-state index contributed by atoms with van der Waals surface area (Å²) in [5, 5.41) is 3.35. The Labute approximate surface area is 130 Å². The highest BCUT2D eigenvalue weighted by atomic mass is 79.9. The molecular formula is C15H25BrN2S. The predicted octanol–water partition coefficient (Wildman–Crippen LogP) is 4.14. The molecule has 0 aliphatic heterocycles. The minimum Gasteiger partial charge on any atom is -0.371 e. The van der Waals surface area contributed by atoms with E-state index in [0.29, 0.717) is 6.04 Å². The summed E-state index contributed by atoms with van der Waals surface area (Å²) in [6.07, 6.45) is 3.38. The fourth-order valence-electron chi connectivity index (χ4n) is 1.94. The number of nitrogens with one attached hydrogen (secondary N) is 1. The van der Waals surface area contributed by atoms with Gasteiger partial charge in [-0.15, -0.1) is 0 Å². The van der Waals surface area contributed by atoms with Crippen molar-refractivity contribution in [1.82, 2.24) is 5.32 Å². The Morgan fingerprint density at radius 1 is 1.42 bits per heavy atom. The van der Waals surface area contributed by atoms with E-state index in [1.54, 1.807) is 0 Å². The molecule has 2 nitrogen and oxygen atoms in total. The van der Waals surface area contributed by atoms with Crippen LogP contribution in [0.1, 0.15) is 25.8 Å². The molecule has 108 valence electrons. The lowest BCUT2D eigenvalue weighted by Crippen LogP contribution is -2.29. The average Bonchev–Trinajstić information content (AvgIpc) is 2.41. The summed E-state index contributed by atoms with van der Waals surface area (Å²) in [7, 11) is 2.18. The molecule has 4 heteroatoms. The normalized spacial score (nSPS) is 12.5. The second-order valence-corrected chi connectivity index (χ2v) is 6.65. The van der Waals surface area contributed by atoms with E-state index in [9.17, 15) is 0 Å². The molecule has 0 aromatic heterocycles. The summed E-state index contributed by atoms with van der Waals surface area (Å²) < 4.78 is 1.18. The molecule has 0 amide bonds. The fraction of sp³-hybridized carbons (Fsp3) is 0.600. The van der Waals surface area contributed by atoms with Crippen molar-refractivity contribution in [1.29, 1.82) is 0 Å². The first-order valence-electron chi connectivity index (χ1n) is 6.81. The lowest BCUT2D eigenvalue weighted by Gasteiger charge is -2.28. The van der Waals surface area contributed by atoms with E-state index in [-0.39, 0.29) is 0 Å². The van der Waals surface area contributed by atoms with Crippen molar-refractivity contribution in [2.24, 2.45) is 0 Å². The maximum atomic E-state index is 3.70. The molecule has 0 radical (unpaired) electrons. The van der Waals surface area contributed by atoms with Gasteiger partial charge in [-0.1, -0.05) is 13.0 Å². The van der Waals surface area contributed by atoms with Crippen molar-refractivity contribution in [2.45, 2.75) is 32.9 Å². The first kappa shape index (κ1) is 16.9. The first-order chi connectivity index (χ1) is 9.10. The van der Waals surface area contributed by atoms with Gasteiger partial charge in [0.1, 0.15) is 0 Å². The van der Waals surface area contributed by atoms with Gasteiger partial charge in [-0.05, 0) is 65.5 Å². The van der Waals surface area contributed by atoms with Gasteiger partial charge >= 0.3 is 0 Å². The topological polar surface area (TPSA) is 15.3 Å². The summed E-state index contributed by atoms with van der Waals surface area (Å²) in [4.78, 5) is 2.36. The lowest BCUT2D eigenvalue weighted by molar-refractivity contribution is 0.668. The van der Waals surface area contributed by atoms with Crippen molar-refractivity contribution >= 4 is 33.4 Å². The van der Waals surface area contributed by atoms with Crippen LogP contribution in [-0.4, -0.2) is 31.6 Å². The molecule has 0 spiro atoms. The molecule has 19 heavy (non-hydrogen) atoms. The third-order valence-corrected chi connectivity index (χ3v) is 4.65. The summed E-state index contributed by atoms with van der Waals surface area (Å²) in [5.74, 6) is 1.21. The highest BCUT2D eigenvalue weighted by Crippen LogP contribution is 2.28. The van der Waals surface area contributed by atoms with Gasteiger partial charge < -0.3 is 10.2 Å². The molecule has 1 N–H and O–H groups in total. The minimum absolute atomic E-state index is 0.559. The van der Waals surface area contributed by atoms with Crippen molar-refractivity contribution in [3.63, 3.8) is 0 Å². The summed E-state index contributed by atoms with van der Waals surface area (Å²) >= 11 is 5.61. The molecule has 0 aliphatic carbocycles. The molecule has 1 aromatic rings. The Hall–Kier alpha value is -0.190. The van der Waals surface area contributed by atoms with Crippen molar-refractivity contribution in [3.05, 3.63) is 28.2 Å². The van der Waals surface area contributed by atoms with Crippen LogP contribution in [0.3, 0.4) is 0 Å². The Balaban J connectivity index is 2.72. The quantitative estimate of drug-likeness (QED) is 0.762. The number of anilines is 1. The van der Waals surface area contributed by atoms with Crippen molar-refractivity contribution in [2.75, 3.05) is 30.5 Å². The van der Waals surface area contributed by atoms with E-state index in [2.05, 4.69) is 71.5 Å². The molecule has 1 atom stereocenters. The van der Waals surface area contributed by atoms with Crippen molar-refractivity contribution < 1.29 is 0 Å². The average molecular weight is 345 g/mol. The second-order valence-electron chi connectivity index (χ2n) is 4.81. The number of hydrogen-bond acceptors (Lipinski definition) is 3. The van der Waals surface area contributed by atoms with Crippen LogP contribution in [-0.2, 0) is 6.54 Å². The van der Waals surface area contributed by atoms with Crippen LogP contribution >= 0.6 is 27.7 Å². The van der Waals surface area contributed by atoms with Crippen LogP contribution in [0.4, 0.5) is 5.69 Å². The van der Waals surface area contributed by atoms with E-state index < -0.39 is 0 Å². The van der Waals surface area contributed by atoms with Crippen molar-refractivity contribution in [3.8, 4) is 0 Å². The van der Waals surface area contributed by atoms with Gasteiger partial charge in [-0.25, -0.2) is 0 Å². The zero-order valence-electron chi connectivity index (χ0n) is 12.4. The van der Waals surface area contributed by atoms with Gasteiger partial charge in [0.05, 0.1) is 5.69 Å². The van der Waals surface area contributed by atoms with Crippen LogP contribution in [0, 0.1) is 0 Å². The number of rotatable bonds is 8. The lowest BCUT2D eigenvalue weighted by atomic mass is 10.1. The maximum absolute atomic E-state index is 3.70. The zero-order valence-corrected chi connectivity index (χ0v) is 14.8. The van der Waals surface area contributed by atoms with Gasteiger partial charge in [0.15, 0.2) is 0 Å². The van der Waals surface area contributed by atoms with Gasteiger partial charge in [0.25, 0.3) is 0 Å². The van der Waals surface area contributed by atoms with Crippen LogP contribution in [0.2, 0.25) is 0 Å². The van der Waals surface area contributed by atoms with Crippen LogP contribution in [0.25, 0.3) is 0 Å². The summed E-state index contributed by atoms with van der Waals surface area (Å²) in [5.41, 5.74) is 2.59. The highest BCUT2D eigenvalue weighted by molar-refractivity contribution is 9.10. The highest BCUT2D eigenvalue weighted by Gasteiger charge is 2.12. The number of nitrogens with zero attached hydrogens (tertiary/aromatic N) is 1. The molecule has 0 heterocycles. The molecular weight excluding hydrogens is 320 g/mol. The molecule has 0 bridgehead atoms. The molecule has 0 fully saturated rings. The van der Waals surface area contributed by atoms with Gasteiger partial charge in [-0.3, -0.25) is 0 Å². The SMILES string of the molecule is CCNCc1ccc(N(C)C(C)CCSC)c(Br)c1. The predicted molar refractivity (Wildman–Crippen MR) is 92.4 cm³/mol. The van der Waals surface area contributed by atoms with Crippen LogP contribution < -0.4 is 10.2 Å². The largest absolute Gasteiger partial charge is 0.371 e. The molecule has 0 aliphatic rings. The third-order valence-electron chi connectivity index (χ3n) is 3.37. The van der Waals surface area contributed by atoms with E-state index >= 15 is 0 Å². The number of halogens is 1. The van der Waals surface area contributed by atoms with Crippen LogP contribution in [0.5, 0.6) is 0 Å². The summed E-state index contributed by atoms with van der Waals surface area (Å²) in [6, 6.07) is 7.20. The van der Waals surface area contributed by atoms with E-state index in [4.69, 9.17) is 0 Å². The Kier molecular flexibility index (Phi) is 7.88. The Morgan fingerprint density at radius 3 is 2.74 bits per heavy atom. The second kappa shape index (κ2) is 8.88. The maximum Gasteiger partial charge on any atom is 0.0510 e. The van der Waals surface area contributed by atoms with Gasteiger partial charge in [-0.2, -0.15) is 11.8 Å². The van der Waals surface area contributed by atoms with E-state index in [1.165, 1.54) is 27.9 Å². The first-order valence-corrected chi connectivity index (χ1v) is 8.99. The fourth-order valence-corrected chi connectivity index (χ4v) is 3.22. The van der Waals surface area contributed by atoms with Gasteiger partial charge in [0, 0.05) is 24.1 Å². The monoisotopic (exact) mass is 344 g/mol. The Morgan fingerprint density at radius 2 is 2.16 bits per heavy atom. The Bertz CT molecular complexity index is 384. The summed E-state index contributed by atoms with van der Waals surface area (Å²) in [6.45, 7) is 6.35. The molecule has 1 unspecified atom stereocenters. The molecule has 1 aromatic carbocycles. The third kappa shape index (κ3) is 5.36. The number of hydrogen-bond donors (Lipinski definition) is 1.